The third kappa shape index (κ3) is 24.5. The molecule has 0 aromatic carbocycles. The summed E-state index contributed by atoms with van der Waals surface area (Å²) in [4.78, 5) is 0. The lowest BCUT2D eigenvalue weighted by atomic mass is 10.5. The average molecular weight is 284 g/mol. The predicted molar refractivity (Wildman–Crippen MR) is 65.4 cm³/mol. The van der Waals surface area contributed by atoms with Crippen molar-refractivity contribution in [2.75, 3.05) is 7.11 Å². The van der Waals surface area contributed by atoms with E-state index < -0.39 is 3.79 Å². The van der Waals surface area contributed by atoms with Gasteiger partial charge in [0.2, 0.25) is 0 Å². The van der Waals surface area contributed by atoms with Gasteiger partial charge in [-0.2, -0.15) is 0 Å². The monoisotopic (exact) mass is 282 g/mol. The maximum Gasteiger partial charge on any atom is 0.198 e. The topological polar surface area (TPSA) is 29.5 Å². The molecule has 0 saturated heterocycles. The molecule has 78 valence electrons. The van der Waals surface area contributed by atoms with Gasteiger partial charge in [-0.05, 0) is 24.4 Å². The first-order chi connectivity index (χ1) is 5.69. The first kappa shape index (κ1) is 16.1. The minimum absolute atomic E-state index is 0.000000000000000222. The van der Waals surface area contributed by atoms with E-state index in [1.807, 2.05) is 0 Å². The Kier molecular flexibility index (Phi) is 9.90. The largest absolute Gasteiger partial charge is 0.502 e. The molecule has 0 saturated carbocycles. The fourth-order valence-corrected chi connectivity index (χ4v) is 1.05. The molecular weight excluding hydrogens is 275 g/mol. The molecule has 0 rings (SSSR count). The standard InChI is InChI=1S/C4H5Cl3OS.C2H4OS/c1-8-3(9)2-4(5,6)7;1-2(3)4/h2H2,1H3;1H3,(H,3,4). The summed E-state index contributed by atoms with van der Waals surface area (Å²) < 4.78 is 3.28. The van der Waals surface area contributed by atoms with Crippen molar-refractivity contribution in [2.24, 2.45) is 0 Å². The fraction of sp³-hybridized carbons (Fsp3) is 0.667. The highest BCUT2D eigenvalue weighted by Gasteiger charge is 2.21. The molecule has 0 amide bonds. The van der Waals surface area contributed by atoms with Crippen LogP contribution in [0.15, 0.2) is 0 Å². The van der Waals surface area contributed by atoms with Crippen molar-refractivity contribution in [3.8, 4) is 0 Å². The van der Waals surface area contributed by atoms with E-state index in [4.69, 9.17) is 39.9 Å². The Morgan fingerprint density at radius 2 is 1.69 bits per heavy atom. The normalized spacial score (nSPS) is 9.62. The van der Waals surface area contributed by atoms with E-state index in [9.17, 15) is 0 Å². The van der Waals surface area contributed by atoms with Crippen molar-refractivity contribution in [3.05, 3.63) is 0 Å². The van der Waals surface area contributed by atoms with Crippen LogP contribution in [-0.2, 0) is 4.74 Å². The van der Waals surface area contributed by atoms with Gasteiger partial charge in [-0.15, -0.1) is 0 Å². The lowest BCUT2D eigenvalue weighted by Crippen LogP contribution is -2.10. The van der Waals surface area contributed by atoms with Crippen molar-refractivity contribution in [1.82, 2.24) is 0 Å². The molecule has 0 aromatic rings. The molecule has 1 N–H and O–H groups in total. The molecule has 0 fully saturated rings. The van der Waals surface area contributed by atoms with E-state index in [1.165, 1.54) is 14.0 Å². The highest BCUT2D eigenvalue weighted by molar-refractivity contribution is 7.80. The molecule has 0 aliphatic carbocycles. The first-order valence-corrected chi connectivity index (χ1v) is 4.97. The predicted octanol–water partition coefficient (Wildman–Crippen LogP) is 3.61. The molecular formula is C6H9Cl3O2S2. The van der Waals surface area contributed by atoms with Gasteiger partial charge < -0.3 is 9.84 Å². The number of halogens is 3. The molecule has 0 atom stereocenters. The van der Waals surface area contributed by atoms with Gasteiger partial charge in [0, 0.05) is 6.92 Å². The molecule has 0 unspecified atom stereocenters. The molecule has 0 aliphatic rings. The van der Waals surface area contributed by atoms with Crippen molar-refractivity contribution in [3.63, 3.8) is 0 Å². The van der Waals surface area contributed by atoms with E-state index in [1.54, 1.807) is 0 Å². The van der Waals surface area contributed by atoms with Crippen LogP contribution in [0.3, 0.4) is 0 Å². The van der Waals surface area contributed by atoms with Gasteiger partial charge in [0.1, 0.15) is 0 Å². The van der Waals surface area contributed by atoms with Gasteiger partial charge in [-0.1, -0.05) is 34.8 Å². The highest BCUT2D eigenvalue weighted by atomic mass is 35.6. The molecule has 0 aromatic heterocycles. The van der Waals surface area contributed by atoms with Crippen LogP contribution in [0.4, 0.5) is 0 Å². The molecule has 0 aliphatic heterocycles. The zero-order valence-electron chi connectivity index (χ0n) is 7.01. The number of aliphatic hydroxyl groups is 1. The summed E-state index contributed by atoms with van der Waals surface area (Å²) in [5.74, 6) is 0. The number of thiocarbonyl (C=S) groups is 2. The lowest BCUT2D eigenvalue weighted by molar-refractivity contribution is 0.403. The molecule has 2 nitrogen and oxygen atoms in total. The number of aliphatic hydroxyl groups excluding tert-OH is 1. The molecule has 0 spiro atoms. The van der Waals surface area contributed by atoms with E-state index >= 15 is 0 Å². The Morgan fingerprint density at radius 1 is 1.38 bits per heavy atom. The second-order valence-corrected chi connectivity index (χ2v) is 5.45. The van der Waals surface area contributed by atoms with Gasteiger partial charge in [0.05, 0.1) is 13.5 Å². The van der Waals surface area contributed by atoms with Crippen molar-refractivity contribution in [1.29, 1.82) is 0 Å². The van der Waals surface area contributed by atoms with Crippen LogP contribution < -0.4 is 0 Å². The quantitative estimate of drug-likeness (QED) is 0.588. The highest BCUT2D eigenvalue weighted by Crippen LogP contribution is 2.30. The number of rotatable bonds is 1. The van der Waals surface area contributed by atoms with E-state index in [0.717, 1.165) is 0 Å². The SMILES string of the molecule is CC(O)=S.COC(=S)CC(Cl)(Cl)Cl. The third-order valence-corrected chi connectivity index (χ3v) is 1.28. The van der Waals surface area contributed by atoms with Crippen LogP contribution in [0.5, 0.6) is 0 Å². The molecule has 13 heavy (non-hydrogen) atoms. The number of ether oxygens (including phenoxy) is 1. The molecule has 7 heteroatoms. The lowest BCUT2D eigenvalue weighted by Gasteiger charge is -2.09. The number of hydrogen-bond donors (Lipinski definition) is 1. The Balaban J connectivity index is 0. The van der Waals surface area contributed by atoms with Gasteiger partial charge in [-0.25, -0.2) is 0 Å². The first-order valence-electron chi connectivity index (χ1n) is 3.02. The second-order valence-electron chi connectivity index (χ2n) is 1.89. The van der Waals surface area contributed by atoms with Gasteiger partial charge in [0.25, 0.3) is 0 Å². The van der Waals surface area contributed by atoms with E-state index in [-0.39, 0.29) is 11.5 Å². The maximum absolute atomic E-state index is 7.79. The van der Waals surface area contributed by atoms with Crippen molar-refractivity contribution < 1.29 is 9.84 Å². The Morgan fingerprint density at radius 3 is 1.77 bits per heavy atom. The number of methoxy groups -OCH3 is 1. The minimum atomic E-state index is -1.33. The van der Waals surface area contributed by atoms with Crippen molar-refractivity contribution in [2.45, 2.75) is 17.1 Å². The van der Waals surface area contributed by atoms with E-state index in [0.29, 0.717) is 5.05 Å². The summed E-state index contributed by atoms with van der Waals surface area (Å²) >= 11 is 24.8. The minimum Gasteiger partial charge on any atom is -0.502 e. The summed E-state index contributed by atoms with van der Waals surface area (Å²) in [6, 6.07) is 0. The average Bonchev–Trinajstić information content (AvgIpc) is 1.82. The summed E-state index contributed by atoms with van der Waals surface area (Å²) in [5, 5.41) is 8.09. The summed E-state index contributed by atoms with van der Waals surface area (Å²) in [5.41, 5.74) is 0. The zero-order valence-corrected chi connectivity index (χ0v) is 10.9. The van der Waals surface area contributed by atoms with Gasteiger partial charge >= 0.3 is 0 Å². The maximum atomic E-state index is 7.79. The Labute approximate surface area is 103 Å². The molecule has 0 heterocycles. The van der Waals surface area contributed by atoms with Crippen LogP contribution in [0.2, 0.25) is 0 Å². The Hall–Kier alpha value is 0.650. The zero-order chi connectivity index (χ0) is 11.1. The molecule has 0 bridgehead atoms. The van der Waals surface area contributed by atoms with Crippen LogP contribution in [0.1, 0.15) is 13.3 Å². The summed E-state index contributed by atoms with van der Waals surface area (Å²) in [6.07, 6.45) is 0.156. The summed E-state index contributed by atoms with van der Waals surface area (Å²) in [7, 11) is 1.44. The number of alkyl halides is 3. The van der Waals surface area contributed by atoms with Gasteiger partial charge in [-0.3, -0.25) is 0 Å². The van der Waals surface area contributed by atoms with Crippen LogP contribution in [0.25, 0.3) is 0 Å². The van der Waals surface area contributed by atoms with Crippen LogP contribution in [0, 0.1) is 0 Å². The molecule has 0 radical (unpaired) electrons. The third-order valence-electron chi connectivity index (χ3n) is 0.572. The smallest absolute Gasteiger partial charge is 0.198 e. The summed E-state index contributed by atoms with van der Waals surface area (Å²) in [6.45, 7) is 1.45. The van der Waals surface area contributed by atoms with Gasteiger partial charge in [0.15, 0.2) is 13.9 Å². The second kappa shape index (κ2) is 8.00. The van der Waals surface area contributed by atoms with Crippen LogP contribution in [-0.4, -0.2) is 26.1 Å². The Bertz CT molecular complexity index is 175. The van der Waals surface area contributed by atoms with E-state index in [2.05, 4.69) is 29.2 Å². The number of hydrogen-bond acceptors (Lipinski definition) is 3. The fourth-order valence-electron chi connectivity index (χ4n) is 0.236. The van der Waals surface area contributed by atoms with Crippen molar-refractivity contribution >= 4 is 69.3 Å². The van der Waals surface area contributed by atoms with Crippen LogP contribution >= 0.6 is 59.2 Å².